The first-order valence-electron chi connectivity index (χ1n) is 14.2. The first-order chi connectivity index (χ1) is 18.6. The molecule has 5 rings (SSSR count). The van der Waals surface area contributed by atoms with E-state index in [4.69, 9.17) is 10.5 Å². The number of nitrogens with zero attached hydrogens (tertiary/aromatic N) is 4. The minimum absolute atomic E-state index is 0.0137. The number of hydrogen-bond acceptors (Lipinski definition) is 8. The zero-order valence-electron chi connectivity index (χ0n) is 23.2. The predicted molar refractivity (Wildman–Crippen MR) is 141 cm³/mol. The first-order valence-corrected chi connectivity index (χ1v) is 14.2. The molecule has 12 heteroatoms. The normalized spacial score (nSPS) is 34.0. The van der Waals surface area contributed by atoms with Gasteiger partial charge in [0.05, 0.1) is 13.2 Å². The van der Waals surface area contributed by atoms with Gasteiger partial charge in [-0.1, -0.05) is 6.42 Å². The third kappa shape index (κ3) is 4.75. The van der Waals surface area contributed by atoms with Gasteiger partial charge < -0.3 is 25.8 Å². The summed E-state index contributed by atoms with van der Waals surface area (Å²) in [6.45, 7) is 3.90. The molecule has 3 heterocycles. The Kier molecular flexibility index (Phi) is 7.53. The third-order valence-corrected chi connectivity index (χ3v) is 9.60. The summed E-state index contributed by atoms with van der Waals surface area (Å²) in [6, 6.07) is -0.989. The van der Waals surface area contributed by atoms with E-state index >= 15 is 0 Å². The van der Waals surface area contributed by atoms with Gasteiger partial charge in [-0.15, -0.1) is 0 Å². The number of urea groups is 2. The molecule has 5 fully saturated rings. The number of amides is 6. The molecule has 39 heavy (non-hydrogen) atoms. The molecule has 0 aromatic carbocycles. The van der Waals surface area contributed by atoms with Crippen LogP contribution in [0.4, 0.5) is 9.59 Å². The number of nitrogens with one attached hydrogen (secondary N) is 1. The Morgan fingerprint density at radius 3 is 2.21 bits per heavy atom. The van der Waals surface area contributed by atoms with Crippen molar-refractivity contribution in [3.05, 3.63) is 11.4 Å². The number of ether oxygens (including phenoxy) is 1. The van der Waals surface area contributed by atoms with Crippen molar-refractivity contribution in [1.82, 2.24) is 24.9 Å². The summed E-state index contributed by atoms with van der Waals surface area (Å²) in [6.07, 6.45) is 4.88. The van der Waals surface area contributed by atoms with Crippen LogP contribution in [0.5, 0.6) is 0 Å². The lowest BCUT2D eigenvalue weighted by atomic mass is 9.77. The van der Waals surface area contributed by atoms with E-state index in [0.29, 0.717) is 45.6 Å². The lowest BCUT2D eigenvalue weighted by Crippen LogP contribution is -2.63. The average Bonchev–Trinajstić information content (AvgIpc) is 3.00. The lowest BCUT2D eigenvalue weighted by molar-refractivity contribution is -0.133. The number of imide groups is 2. The zero-order valence-corrected chi connectivity index (χ0v) is 23.2. The Morgan fingerprint density at radius 2 is 1.67 bits per heavy atom. The molecule has 216 valence electrons. The van der Waals surface area contributed by atoms with E-state index in [1.807, 2.05) is 6.92 Å². The maximum absolute atomic E-state index is 13.6. The number of aliphatic hydroxyl groups is 1. The molecule has 4 N–H and O–H groups in total. The van der Waals surface area contributed by atoms with Gasteiger partial charge in [0.1, 0.15) is 16.9 Å². The molecule has 5 aliphatic rings. The van der Waals surface area contributed by atoms with Crippen LogP contribution in [-0.2, 0) is 14.3 Å². The monoisotopic (exact) mass is 546 g/mol. The van der Waals surface area contributed by atoms with Gasteiger partial charge >= 0.3 is 12.1 Å². The second-order valence-corrected chi connectivity index (χ2v) is 12.2. The minimum atomic E-state index is -1.42. The molecule has 0 spiro atoms. The fourth-order valence-corrected chi connectivity index (χ4v) is 6.84. The summed E-state index contributed by atoms with van der Waals surface area (Å²) in [5.41, 5.74) is 5.18. The number of carbonyl (C=O) groups is 4. The van der Waals surface area contributed by atoms with Crippen molar-refractivity contribution in [2.24, 2.45) is 23.5 Å². The maximum Gasteiger partial charge on any atom is 0.329 e. The Bertz CT molecular complexity index is 1050. The molecule has 1 unspecified atom stereocenters. The molecule has 0 bridgehead atoms. The highest BCUT2D eigenvalue weighted by Crippen LogP contribution is 2.41. The molecule has 2 aliphatic carbocycles. The van der Waals surface area contributed by atoms with Crippen molar-refractivity contribution in [2.45, 2.75) is 76.1 Å². The van der Waals surface area contributed by atoms with Gasteiger partial charge in [0, 0.05) is 39.1 Å². The molecule has 3 aliphatic heterocycles. The number of likely N-dealkylation sites (N-methyl/N-ethyl adjacent to an activating group) is 1. The number of rotatable bonds is 8. The molecule has 0 aromatic heterocycles. The molecule has 3 saturated heterocycles. The highest BCUT2D eigenvalue weighted by Gasteiger charge is 2.55. The first kappa shape index (κ1) is 27.7. The summed E-state index contributed by atoms with van der Waals surface area (Å²) in [5.74, 6) is 0.0524. The summed E-state index contributed by atoms with van der Waals surface area (Å²) < 4.78 is 5.28. The predicted octanol–water partition coefficient (Wildman–Crippen LogP) is 1.01. The standard InChI is InChI=1S/C27H42N6O6/c1-27(24(36)30(3)25(37)32(27)13-18-14-39-15-18)11-16-7-9-19(10-8-16)33-23(35)20(21(28)29-2)22(34)31(26(33)38)12-17-5-4-6-17/h16-19,23,29,35H,4-15,28H2,1-3H3/b21-20+/t16?,19?,23?,27-/m0/s1. The van der Waals surface area contributed by atoms with Gasteiger partial charge in [-0.2, -0.15) is 0 Å². The molecule has 6 amide bonds. The SMILES string of the molecule is CN/C(N)=C1\C(=O)N(CC2CCC2)C(=O)N(C2CCC(C[C@@]3(C)C(=O)N(C)C(=O)N3CC3COC3)CC2)C1O. The second kappa shape index (κ2) is 10.6. The highest BCUT2D eigenvalue weighted by molar-refractivity contribution is 6.08. The van der Waals surface area contributed by atoms with Crippen LogP contribution in [0.25, 0.3) is 0 Å². The van der Waals surface area contributed by atoms with Crippen molar-refractivity contribution in [3.63, 3.8) is 0 Å². The van der Waals surface area contributed by atoms with Gasteiger partial charge in [0.15, 0.2) is 6.23 Å². The van der Waals surface area contributed by atoms with Crippen molar-refractivity contribution in [2.75, 3.05) is 40.4 Å². The number of carbonyl (C=O) groups excluding carboxylic acids is 4. The van der Waals surface area contributed by atoms with Crippen molar-refractivity contribution < 1.29 is 29.0 Å². The quantitative estimate of drug-likeness (QED) is 0.302. The largest absolute Gasteiger partial charge is 0.385 e. The van der Waals surface area contributed by atoms with Crippen LogP contribution in [0.15, 0.2) is 11.4 Å². The summed E-state index contributed by atoms with van der Waals surface area (Å²) >= 11 is 0. The van der Waals surface area contributed by atoms with Crippen LogP contribution >= 0.6 is 0 Å². The van der Waals surface area contributed by atoms with Crippen LogP contribution in [0.3, 0.4) is 0 Å². The summed E-state index contributed by atoms with van der Waals surface area (Å²) in [4.78, 5) is 58.5. The second-order valence-electron chi connectivity index (χ2n) is 12.2. The van der Waals surface area contributed by atoms with Crippen LogP contribution in [0, 0.1) is 17.8 Å². The van der Waals surface area contributed by atoms with E-state index in [2.05, 4.69) is 5.32 Å². The fourth-order valence-electron chi connectivity index (χ4n) is 6.84. The maximum atomic E-state index is 13.6. The fraction of sp³-hybridized carbons (Fsp3) is 0.778. The number of aliphatic hydroxyl groups excluding tert-OH is 1. The molecule has 0 aromatic rings. The van der Waals surface area contributed by atoms with Crippen LogP contribution in [0.2, 0.25) is 0 Å². The minimum Gasteiger partial charge on any atom is -0.385 e. The van der Waals surface area contributed by atoms with Gasteiger partial charge in [-0.05, 0) is 63.7 Å². The Balaban J connectivity index is 1.29. The van der Waals surface area contributed by atoms with Gasteiger partial charge in [0.25, 0.3) is 11.8 Å². The van der Waals surface area contributed by atoms with E-state index in [0.717, 1.165) is 32.1 Å². The van der Waals surface area contributed by atoms with Gasteiger partial charge in [-0.25, -0.2) is 9.59 Å². The van der Waals surface area contributed by atoms with Gasteiger partial charge in [0.2, 0.25) is 0 Å². The molecule has 12 nitrogen and oxygen atoms in total. The molecule has 2 atom stereocenters. The van der Waals surface area contributed by atoms with Crippen LogP contribution in [-0.4, -0.2) is 107 Å². The molecule has 2 saturated carbocycles. The van der Waals surface area contributed by atoms with E-state index in [9.17, 15) is 24.3 Å². The molecular formula is C27H42N6O6. The molecular weight excluding hydrogens is 504 g/mol. The van der Waals surface area contributed by atoms with Crippen molar-refractivity contribution >= 4 is 23.9 Å². The Hall–Kier alpha value is -2.86. The molecule has 0 radical (unpaired) electrons. The average molecular weight is 547 g/mol. The lowest BCUT2D eigenvalue weighted by Gasteiger charge is -2.47. The van der Waals surface area contributed by atoms with E-state index in [-0.39, 0.29) is 47.1 Å². The zero-order chi connectivity index (χ0) is 28.1. The van der Waals surface area contributed by atoms with E-state index in [1.54, 1.807) is 19.0 Å². The van der Waals surface area contributed by atoms with Gasteiger partial charge in [-0.3, -0.25) is 24.3 Å². The van der Waals surface area contributed by atoms with Crippen LogP contribution < -0.4 is 11.1 Å². The van der Waals surface area contributed by atoms with E-state index in [1.165, 1.54) is 14.7 Å². The summed E-state index contributed by atoms with van der Waals surface area (Å²) in [7, 11) is 3.12. The van der Waals surface area contributed by atoms with Crippen molar-refractivity contribution in [3.8, 4) is 0 Å². The summed E-state index contributed by atoms with van der Waals surface area (Å²) in [5, 5.41) is 14.0. The third-order valence-electron chi connectivity index (χ3n) is 9.60. The highest BCUT2D eigenvalue weighted by atomic mass is 16.5. The van der Waals surface area contributed by atoms with Crippen LogP contribution in [0.1, 0.15) is 58.3 Å². The smallest absolute Gasteiger partial charge is 0.329 e. The topological polar surface area (TPSA) is 149 Å². The van der Waals surface area contributed by atoms with E-state index < -0.39 is 23.7 Å². The number of nitrogens with two attached hydrogens (primary N) is 1. The number of hydrogen-bond donors (Lipinski definition) is 3. The Labute approximate surface area is 229 Å². The van der Waals surface area contributed by atoms with Crippen molar-refractivity contribution in [1.29, 1.82) is 0 Å². The Morgan fingerprint density at radius 1 is 1.00 bits per heavy atom.